The SMILES string of the molecule is CCCCCC(CCCCC)NCCn1ccnc1. The van der Waals surface area contributed by atoms with Crippen LogP contribution in [0.2, 0.25) is 0 Å². The van der Waals surface area contributed by atoms with Crippen molar-refractivity contribution in [3.05, 3.63) is 18.7 Å². The Labute approximate surface area is 118 Å². The number of rotatable bonds is 12. The minimum absolute atomic E-state index is 0.710. The zero-order chi connectivity index (χ0) is 13.8. The highest BCUT2D eigenvalue weighted by Crippen LogP contribution is 2.10. The van der Waals surface area contributed by atoms with Crippen LogP contribution in [0, 0.1) is 0 Å². The highest BCUT2D eigenvalue weighted by atomic mass is 15.0. The third kappa shape index (κ3) is 8.04. The molecule has 1 heterocycles. The Kier molecular flexibility index (Phi) is 9.42. The molecule has 0 aliphatic rings. The highest BCUT2D eigenvalue weighted by molar-refractivity contribution is 4.75. The second-order valence-corrected chi connectivity index (χ2v) is 5.44. The van der Waals surface area contributed by atoms with E-state index in [0.717, 1.165) is 13.1 Å². The van der Waals surface area contributed by atoms with Crippen molar-refractivity contribution in [1.29, 1.82) is 0 Å². The Balaban J connectivity index is 2.18. The third-order valence-electron chi connectivity index (χ3n) is 3.67. The Bertz CT molecular complexity index is 272. The normalized spacial score (nSPS) is 11.3. The number of imidazole rings is 1. The van der Waals surface area contributed by atoms with E-state index in [2.05, 4.69) is 28.7 Å². The molecule has 3 nitrogen and oxygen atoms in total. The molecule has 0 saturated carbocycles. The van der Waals surface area contributed by atoms with Crippen molar-refractivity contribution in [3.63, 3.8) is 0 Å². The summed E-state index contributed by atoms with van der Waals surface area (Å²) in [7, 11) is 0. The van der Waals surface area contributed by atoms with Crippen LogP contribution in [0.4, 0.5) is 0 Å². The van der Waals surface area contributed by atoms with Gasteiger partial charge in [0.25, 0.3) is 0 Å². The maximum Gasteiger partial charge on any atom is 0.0946 e. The predicted molar refractivity (Wildman–Crippen MR) is 82.3 cm³/mol. The molecule has 1 N–H and O–H groups in total. The predicted octanol–water partition coefficient (Wildman–Crippen LogP) is 4.00. The van der Waals surface area contributed by atoms with Crippen molar-refractivity contribution >= 4 is 0 Å². The van der Waals surface area contributed by atoms with E-state index in [1.54, 1.807) is 0 Å². The largest absolute Gasteiger partial charge is 0.336 e. The van der Waals surface area contributed by atoms with Crippen molar-refractivity contribution in [1.82, 2.24) is 14.9 Å². The van der Waals surface area contributed by atoms with Crippen LogP contribution >= 0.6 is 0 Å². The van der Waals surface area contributed by atoms with E-state index in [0.29, 0.717) is 6.04 Å². The minimum atomic E-state index is 0.710. The average Bonchev–Trinajstić information content (AvgIpc) is 2.92. The standard InChI is InChI=1S/C16H31N3/c1-3-5-7-9-16(10-8-6-4-2)18-12-14-19-13-11-17-15-19/h11,13,15-16,18H,3-10,12,14H2,1-2H3. The summed E-state index contributed by atoms with van der Waals surface area (Å²) in [5.41, 5.74) is 0. The van der Waals surface area contributed by atoms with Crippen molar-refractivity contribution in [3.8, 4) is 0 Å². The van der Waals surface area contributed by atoms with Crippen LogP contribution in [-0.2, 0) is 6.54 Å². The van der Waals surface area contributed by atoms with Gasteiger partial charge in [-0.1, -0.05) is 52.4 Å². The zero-order valence-corrected chi connectivity index (χ0v) is 12.8. The quantitative estimate of drug-likeness (QED) is 0.579. The van der Waals surface area contributed by atoms with Gasteiger partial charge in [-0.3, -0.25) is 0 Å². The van der Waals surface area contributed by atoms with Gasteiger partial charge in [0.1, 0.15) is 0 Å². The molecule has 0 aliphatic heterocycles. The van der Waals surface area contributed by atoms with Gasteiger partial charge in [0.05, 0.1) is 6.33 Å². The molecule has 0 aliphatic carbocycles. The zero-order valence-electron chi connectivity index (χ0n) is 12.8. The number of hydrogen-bond acceptors (Lipinski definition) is 2. The van der Waals surface area contributed by atoms with Gasteiger partial charge in [0.15, 0.2) is 0 Å². The second-order valence-electron chi connectivity index (χ2n) is 5.44. The second kappa shape index (κ2) is 11.0. The van der Waals surface area contributed by atoms with Crippen LogP contribution in [0.15, 0.2) is 18.7 Å². The Morgan fingerprint density at radius 2 is 1.74 bits per heavy atom. The summed E-state index contributed by atoms with van der Waals surface area (Å²) in [4.78, 5) is 4.08. The first kappa shape index (κ1) is 16.2. The van der Waals surface area contributed by atoms with E-state index in [1.165, 1.54) is 51.4 Å². The lowest BCUT2D eigenvalue weighted by molar-refractivity contribution is 0.410. The molecule has 0 radical (unpaired) electrons. The monoisotopic (exact) mass is 265 g/mol. The van der Waals surface area contributed by atoms with E-state index in [1.807, 2.05) is 18.7 Å². The summed E-state index contributed by atoms with van der Waals surface area (Å²) in [5, 5.41) is 3.73. The maximum atomic E-state index is 4.08. The fraction of sp³-hybridized carbons (Fsp3) is 0.812. The number of unbranched alkanes of at least 4 members (excludes halogenated alkanes) is 4. The van der Waals surface area contributed by atoms with Gasteiger partial charge in [0.2, 0.25) is 0 Å². The van der Waals surface area contributed by atoms with E-state index >= 15 is 0 Å². The van der Waals surface area contributed by atoms with Crippen molar-refractivity contribution < 1.29 is 0 Å². The van der Waals surface area contributed by atoms with Crippen LogP contribution in [0.25, 0.3) is 0 Å². The number of aromatic nitrogens is 2. The maximum absolute atomic E-state index is 4.08. The molecule has 1 rings (SSSR count). The average molecular weight is 265 g/mol. The van der Waals surface area contributed by atoms with Crippen molar-refractivity contribution in [2.45, 2.75) is 77.8 Å². The van der Waals surface area contributed by atoms with Gasteiger partial charge in [-0.15, -0.1) is 0 Å². The third-order valence-corrected chi connectivity index (χ3v) is 3.67. The highest BCUT2D eigenvalue weighted by Gasteiger charge is 2.07. The summed E-state index contributed by atoms with van der Waals surface area (Å²) in [6.07, 6.45) is 16.5. The van der Waals surface area contributed by atoms with Gasteiger partial charge in [-0.05, 0) is 12.8 Å². The van der Waals surface area contributed by atoms with Crippen LogP contribution < -0.4 is 5.32 Å². The molecule has 0 aromatic carbocycles. The Morgan fingerprint density at radius 1 is 1.05 bits per heavy atom. The molecular weight excluding hydrogens is 234 g/mol. The summed E-state index contributed by atoms with van der Waals surface area (Å²) in [6, 6.07) is 0.710. The van der Waals surface area contributed by atoms with E-state index in [4.69, 9.17) is 0 Å². The molecule has 0 fully saturated rings. The minimum Gasteiger partial charge on any atom is -0.336 e. The molecule has 1 aromatic rings. The number of nitrogens with one attached hydrogen (secondary N) is 1. The molecule has 110 valence electrons. The molecule has 1 aromatic heterocycles. The van der Waals surface area contributed by atoms with Crippen LogP contribution in [-0.4, -0.2) is 22.1 Å². The molecule has 0 amide bonds. The first-order valence-electron chi connectivity index (χ1n) is 8.06. The molecule has 0 saturated heterocycles. The first-order chi connectivity index (χ1) is 9.36. The fourth-order valence-corrected chi connectivity index (χ4v) is 2.45. The van der Waals surface area contributed by atoms with Gasteiger partial charge < -0.3 is 9.88 Å². The molecule has 19 heavy (non-hydrogen) atoms. The lowest BCUT2D eigenvalue weighted by Crippen LogP contribution is -2.31. The van der Waals surface area contributed by atoms with Gasteiger partial charge in [-0.25, -0.2) is 4.98 Å². The fourth-order valence-electron chi connectivity index (χ4n) is 2.45. The van der Waals surface area contributed by atoms with E-state index in [-0.39, 0.29) is 0 Å². The molecule has 3 heteroatoms. The Morgan fingerprint density at radius 3 is 2.26 bits per heavy atom. The van der Waals surface area contributed by atoms with Gasteiger partial charge in [-0.2, -0.15) is 0 Å². The molecule has 0 atom stereocenters. The number of nitrogens with zero attached hydrogens (tertiary/aromatic N) is 2. The molecule has 0 unspecified atom stereocenters. The first-order valence-corrected chi connectivity index (χ1v) is 8.06. The van der Waals surface area contributed by atoms with Crippen LogP contribution in [0.1, 0.15) is 65.2 Å². The summed E-state index contributed by atoms with van der Waals surface area (Å²) in [5.74, 6) is 0. The topological polar surface area (TPSA) is 29.9 Å². The lowest BCUT2D eigenvalue weighted by atomic mass is 10.0. The molecular formula is C16H31N3. The summed E-state index contributed by atoms with van der Waals surface area (Å²) < 4.78 is 2.14. The van der Waals surface area contributed by atoms with Crippen LogP contribution in [0.5, 0.6) is 0 Å². The molecule has 0 spiro atoms. The number of hydrogen-bond donors (Lipinski definition) is 1. The lowest BCUT2D eigenvalue weighted by Gasteiger charge is -2.19. The molecule has 0 bridgehead atoms. The van der Waals surface area contributed by atoms with E-state index in [9.17, 15) is 0 Å². The van der Waals surface area contributed by atoms with Crippen molar-refractivity contribution in [2.75, 3.05) is 6.54 Å². The van der Waals surface area contributed by atoms with E-state index < -0.39 is 0 Å². The van der Waals surface area contributed by atoms with Crippen LogP contribution in [0.3, 0.4) is 0 Å². The van der Waals surface area contributed by atoms with Gasteiger partial charge >= 0.3 is 0 Å². The van der Waals surface area contributed by atoms with Gasteiger partial charge in [0, 0.05) is 31.5 Å². The Hall–Kier alpha value is -0.830. The summed E-state index contributed by atoms with van der Waals surface area (Å²) in [6.45, 7) is 6.63. The smallest absolute Gasteiger partial charge is 0.0946 e. The van der Waals surface area contributed by atoms with Crippen molar-refractivity contribution in [2.24, 2.45) is 0 Å². The summed E-state index contributed by atoms with van der Waals surface area (Å²) >= 11 is 0.